The summed E-state index contributed by atoms with van der Waals surface area (Å²) in [5, 5.41) is 0. The molecule has 1 aliphatic heterocycles. The minimum absolute atomic E-state index is 0.0111. The zero-order valence-corrected chi connectivity index (χ0v) is 11.7. The van der Waals surface area contributed by atoms with Gasteiger partial charge in [0.25, 0.3) is 5.92 Å². The largest absolute Gasteiger partial charge is 0.324 e. The lowest BCUT2D eigenvalue weighted by molar-refractivity contribution is -0.0566. The Morgan fingerprint density at radius 2 is 2.00 bits per heavy atom. The standard InChI is InChI=1S/C16H22F2N2/c17-16(18)6-8-20(9-7-16)11-12-4-5-14-13(10-12)2-1-3-15(14)19/h4-5,10,15H,1-3,6-9,11,19H2. The molecule has 3 rings (SSSR count). The molecule has 0 saturated carbocycles. The molecule has 1 aliphatic carbocycles. The Balaban J connectivity index is 1.67. The van der Waals surface area contributed by atoms with E-state index in [1.54, 1.807) is 0 Å². The number of aryl methyl sites for hydroxylation is 1. The topological polar surface area (TPSA) is 29.3 Å². The first-order chi connectivity index (χ1) is 9.53. The highest BCUT2D eigenvalue weighted by Crippen LogP contribution is 2.31. The van der Waals surface area contributed by atoms with Crippen LogP contribution in [0.4, 0.5) is 8.78 Å². The number of piperidine rings is 1. The van der Waals surface area contributed by atoms with Crippen molar-refractivity contribution in [2.45, 2.75) is 50.6 Å². The summed E-state index contributed by atoms with van der Waals surface area (Å²) in [5.74, 6) is -2.46. The second kappa shape index (κ2) is 5.41. The molecular weight excluding hydrogens is 258 g/mol. The van der Waals surface area contributed by atoms with E-state index in [2.05, 4.69) is 23.1 Å². The zero-order valence-electron chi connectivity index (χ0n) is 11.7. The highest BCUT2D eigenvalue weighted by molar-refractivity contribution is 5.36. The fourth-order valence-electron chi connectivity index (χ4n) is 3.30. The van der Waals surface area contributed by atoms with E-state index in [-0.39, 0.29) is 18.9 Å². The maximum atomic E-state index is 13.1. The van der Waals surface area contributed by atoms with E-state index in [0.29, 0.717) is 13.1 Å². The lowest BCUT2D eigenvalue weighted by Crippen LogP contribution is -2.38. The first-order valence-corrected chi connectivity index (χ1v) is 7.51. The Hall–Kier alpha value is -1.00. The summed E-state index contributed by atoms with van der Waals surface area (Å²) < 4.78 is 26.3. The van der Waals surface area contributed by atoms with Crippen LogP contribution in [-0.4, -0.2) is 23.9 Å². The summed E-state index contributed by atoms with van der Waals surface area (Å²) in [6.07, 6.45) is 3.28. The van der Waals surface area contributed by atoms with Crippen LogP contribution in [0.5, 0.6) is 0 Å². The van der Waals surface area contributed by atoms with Crippen molar-refractivity contribution >= 4 is 0 Å². The third-order valence-corrected chi connectivity index (χ3v) is 4.56. The van der Waals surface area contributed by atoms with E-state index in [9.17, 15) is 8.78 Å². The normalized spacial score (nSPS) is 26.2. The van der Waals surface area contributed by atoms with Crippen LogP contribution in [0.15, 0.2) is 18.2 Å². The molecule has 0 amide bonds. The molecule has 2 nitrogen and oxygen atoms in total. The number of hydrogen-bond donors (Lipinski definition) is 1. The van der Waals surface area contributed by atoms with Crippen molar-refractivity contribution in [1.29, 1.82) is 0 Å². The first-order valence-electron chi connectivity index (χ1n) is 7.51. The number of likely N-dealkylation sites (tertiary alicyclic amines) is 1. The molecule has 110 valence electrons. The Morgan fingerprint density at radius 3 is 2.75 bits per heavy atom. The quantitative estimate of drug-likeness (QED) is 0.901. The zero-order chi connectivity index (χ0) is 14.2. The third-order valence-electron chi connectivity index (χ3n) is 4.56. The predicted molar refractivity (Wildman–Crippen MR) is 75.8 cm³/mol. The van der Waals surface area contributed by atoms with Gasteiger partial charge in [0, 0.05) is 38.5 Å². The van der Waals surface area contributed by atoms with Crippen molar-refractivity contribution in [3.05, 3.63) is 34.9 Å². The summed E-state index contributed by atoms with van der Waals surface area (Å²) >= 11 is 0. The van der Waals surface area contributed by atoms with E-state index in [1.165, 1.54) is 16.7 Å². The molecule has 0 aromatic heterocycles. The molecule has 1 saturated heterocycles. The number of halogens is 2. The van der Waals surface area contributed by atoms with Crippen LogP contribution in [0.2, 0.25) is 0 Å². The van der Waals surface area contributed by atoms with Crippen molar-refractivity contribution in [1.82, 2.24) is 4.90 Å². The molecule has 1 heterocycles. The Kier molecular flexibility index (Phi) is 3.78. The summed E-state index contributed by atoms with van der Waals surface area (Å²) in [7, 11) is 0. The smallest absolute Gasteiger partial charge is 0.250 e. The molecule has 1 aromatic rings. The van der Waals surface area contributed by atoms with E-state index in [0.717, 1.165) is 25.8 Å². The number of nitrogens with zero attached hydrogens (tertiary/aromatic N) is 1. The average Bonchev–Trinajstić information content (AvgIpc) is 2.41. The van der Waals surface area contributed by atoms with E-state index in [1.807, 2.05) is 0 Å². The number of fused-ring (bicyclic) bond motifs is 1. The van der Waals surface area contributed by atoms with Gasteiger partial charge >= 0.3 is 0 Å². The van der Waals surface area contributed by atoms with Crippen molar-refractivity contribution in [2.75, 3.05) is 13.1 Å². The van der Waals surface area contributed by atoms with Crippen molar-refractivity contribution in [2.24, 2.45) is 5.73 Å². The fourth-order valence-corrected chi connectivity index (χ4v) is 3.30. The molecule has 20 heavy (non-hydrogen) atoms. The van der Waals surface area contributed by atoms with Gasteiger partial charge in [0.1, 0.15) is 0 Å². The van der Waals surface area contributed by atoms with Crippen LogP contribution in [0, 0.1) is 0 Å². The maximum Gasteiger partial charge on any atom is 0.250 e. The lowest BCUT2D eigenvalue weighted by Gasteiger charge is -2.32. The molecule has 1 aromatic carbocycles. The fraction of sp³-hybridized carbons (Fsp3) is 0.625. The van der Waals surface area contributed by atoms with Crippen LogP contribution >= 0.6 is 0 Å². The van der Waals surface area contributed by atoms with Gasteiger partial charge in [-0.15, -0.1) is 0 Å². The number of alkyl halides is 2. The molecule has 1 atom stereocenters. The number of nitrogens with two attached hydrogens (primary N) is 1. The van der Waals surface area contributed by atoms with Gasteiger partial charge in [-0.2, -0.15) is 0 Å². The van der Waals surface area contributed by atoms with Gasteiger partial charge in [0.2, 0.25) is 0 Å². The third kappa shape index (κ3) is 3.01. The van der Waals surface area contributed by atoms with Gasteiger partial charge in [-0.05, 0) is 36.0 Å². The van der Waals surface area contributed by atoms with Crippen molar-refractivity contribution in [3.63, 3.8) is 0 Å². The van der Waals surface area contributed by atoms with Crippen LogP contribution in [0.3, 0.4) is 0 Å². The van der Waals surface area contributed by atoms with Gasteiger partial charge in [-0.25, -0.2) is 8.78 Å². The number of rotatable bonds is 2. The molecule has 0 bridgehead atoms. The molecular formula is C16H22F2N2. The van der Waals surface area contributed by atoms with E-state index < -0.39 is 5.92 Å². The highest BCUT2D eigenvalue weighted by atomic mass is 19.3. The maximum absolute atomic E-state index is 13.1. The van der Waals surface area contributed by atoms with Crippen LogP contribution < -0.4 is 5.73 Å². The Labute approximate surface area is 118 Å². The molecule has 1 fully saturated rings. The van der Waals surface area contributed by atoms with Crippen LogP contribution in [-0.2, 0) is 13.0 Å². The van der Waals surface area contributed by atoms with E-state index in [4.69, 9.17) is 5.73 Å². The summed E-state index contributed by atoms with van der Waals surface area (Å²) in [6, 6.07) is 6.63. The van der Waals surface area contributed by atoms with Crippen LogP contribution in [0.1, 0.15) is 48.4 Å². The molecule has 2 aliphatic rings. The minimum Gasteiger partial charge on any atom is -0.324 e. The molecule has 2 N–H and O–H groups in total. The van der Waals surface area contributed by atoms with E-state index >= 15 is 0 Å². The molecule has 0 radical (unpaired) electrons. The van der Waals surface area contributed by atoms with Gasteiger partial charge in [0.15, 0.2) is 0 Å². The lowest BCUT2D eigenvalue weighted by atomic mass is 9.87. The monoisotopic (exact) mass is 280 g/mol. The second-order valence-electron chi connectivity index (χ2n) is 6.16. The highest BCUT2D eigenvalue weighted by Gasteiger charge is 2.33. The molecule has 1 unspecified atom stereocenters. The summed E-state index contributed by atoms with van der Waals surface area (Å²) in [5.41, 5.74) is 9.96. The van der Waals surface area contributed by atoms with Gasteiger partial charge in [0.05, 0.1) is 0 Å². The summed E-state index contributed by atoms with van der Waals surface area (Å²) in [4.78, 5) is 2.13. The molecule has 0 spiro atoms. The second-order valence-corrected chi connectivity index (χ2v) is 6.16. The van der Waals surface area contributed by atoms with Crippen molar-refractivity contribution < 1.29 is 8.78 Å². The first kappa shape index (κ1) is 14.0. The number of benzene rings is 1. The van der Waals surface area contributed by atoms with Gasteiger partial charge in [-0.1, -0.05) is 18.2 Å². The Morgan fingerprint density at radius 1 is 1.25 bits per heavy atom. The number of hydrogen-bond acceptors (Lipinski definition) is 2. The SMILES string of the molecule is NC1CCCc2cc(CN3CCC(F)(F)CC3)ccc21. The van der Waals surface area contributed by atoms with Crippen molar-refractivity contribution in [3.8, 4) is 0 Å². The molecule has 4 heteroatoms. The summed E-state index contributed by atoms with van der Waals surface area (Å²) in [6.45, 7) is 1.76. The minimum atomic E-state index is -2.46. The van der Waals surface area contributed by atoms with Crippen LogP contribution in [0.25, 0.3) is 0 Å². The average molecular weight is 280 g/mol. The Bertz CT molecular complexity index is 477. The van der Waals surface area contributed by atoms with Gasteiger partial charge < -0.3 is 5.73 Å². The predicted octanol–water partition coefficient (Wildman–Crippen LogP) is 3.25. The van der Waals surface area contributed by atoms with Gasteiger partial charge in [-0.3, -0.25) is 4.90 Å².